The average Bonchev–Trinajstić information content (AvgIpc) is 2.29. The zero-order valence-electron chi connectivity index (χ0n) is 12.0. The molecule has 1 atom stereocenters. The summed E-state index contributed by atoms with van der Waals surface area (Å²) in [7, 11) is 0. The molecule has 1 heteroatoms. The first-order chi connectivity index (χ1) is 8.02. The number of aryl methyl sites for hydroxylation is 2. The van der Waals surface area contributed by atoms with Gasteiger partial charge in [0.05, 0.1) is 0 Å². The SMILES string of the molecule is CCc1cc(NC(C)CCC(C)C)ccc1C. The summed E-state index contributed by atoms with van der Waals surface area (Å²) in [5, 5.41) is 3.60. The summed E-state index contributed by atoms with van der Waals surface area (Å²) in [6.07, 6.45) is 3.65. The van der Waals surface area contributed by atoms with Crippen LogP contribution in [0.4, 0.5) is 5.69 Å². The molecule has 1 N–H and O–H groups in total. The number of hydrogen-bond acceptors (Lipinski definition) is 1. The predicted molar refractivity (Wildman–Crippen MR) is 77.7 cm³/mol. The van der Waals surface area contributed by atoms with Gasteiger partial charge in [-0.3, -0.25) is 0 Å². The molecular weight excluding hydrogens is 206 g/mol. The van der Waals surface area contributed by atoms with Crippen molar-refractivity contribution in [2.45, 2.75) is 59.9 Å². The lowest BCUT2D eigenvalue weighted by Crippen LogP contribution is -2.16. The van der Waals surface area contributed by atoms with Crippen molar-refractivity contribution < 1.29 is 0 Å². The van der Waals surface area contributed by atoms with E-state index in [0.29, 0.717) is 6.04 Å². The van der Waals surface area contributed by atoms with Gasteiger partial charge in [0.1, 0.15) is 0 Å². The van der Waals surface area contributed by atoms with Crippen LogP contribution in [0.25, 0.3) is 0 Å². The maximum absolute atomic E-state index is 3.60. The molecule has 0 aliphatic rings. The van der Waals surface area contributed by atoms with Gasteiger partial charge in [0, 0.05) is 11.7 Å². The Morgan fingerprint density at radius 3 is 2.41 bits per heavy atom. The van der Waals surface area contributed by atoms with Gasteiger partial charge in [-0.25, -0.2) is 0 Å². The average molecular weight is 233 g/mol. The van der Waals surface area contributed by atoms with E-state index in [-0.39, 0.29) is 0 Å². The minimum absolute atomic E-state index is 0.560. The highest BCUT2D eigenvalue weighted by Gasteiger charge is 2.05. The summed E-state index contributed by atoms with van der Waals surface area (Å²) in [6.45, 7) is 11.2. The van der Waals surface area contributed by atoms with Gasteiger partial charge >= 0.3 is 0 Å². The molecule has 0 heterocycles. The van der Waals surface area contributed by atoms with Crippen LogP contribution in [0.5, 0.6) is 0 Å². The van der Waals surface area contributed by atoms with E-state index >= 15 is 0 Å². The molecule has 1 rings (SSSR count). The summed E-state index contributed by atoms with van der Waals surface area (Å²) in [6, 6.07) is 7.27. The van der Waals surface area contributed by atoms with Crippen molar-refractivity contribution in [3.63, 3.8) is 0 Å². The molecule has 0 amide bonds. The van der Waals surface area contributed by atoms with Crippen LogP contribution in [0.3, 0.4) is 0 Å². The molecule has 1 nitrogen and oxygen atoms in total. The summed E-state index contributed by atoms with van der Waals surface area (Å²) in [5.41, 5.74) is 4.11. The molecule has 0 aromatic heterocycles. The summed E-state index contributed by atoms with van der Waals surface area (Å²) in [5.74, 6) is 0.795. The second kappa shape index (κ2) is 6.68. The fourth-order valence-electron chi connectivity index (χ4n) is 2.08. The Kier molecular flexibility index (Phi) is 5.54. The Hall–Kier alpha value is -0.980. The first-order valence-electron chi connectivity index (χ1n) is 6.89. The standard InChI is InChI=1S/C16H27N/c1-6-15-11-16(10-8-13(15)4)17-14(5)9-7-12(2)3/h8,10-12,14,17H,6-7,9H2,1-5H3. The molecule has 0 radical (unpaired) electrons. The highest BCUT2D eigenvalue weighted by molar-refractivity contribution is 5.49. The topological polar surface area (TPSA) is 12.0 Å². The Morgan fingerprint density at radius 2 is 1.82 bits per heavy atom. The van der Waals surface area contributed by atoms with Crippen LogP contribution in [0.15, 0.2) is 18.2 Å². The smallest absolute Gasteiger partial charge is 0.0345 e. The van der Waals surface area contributed by atoms with E-state index < -0.39 is 0 Å². The second-order valence-corrected chi connectivity index (χ2v) is 5.51. The molecule has 96 valence electrons. The molecule has 0 fully saturated rings. The van der Waals surface area contributed by atoms with Gasteiger partial charge in [0.25, 0.3) is 0 Å². The molecule has 0 saturated carbocycles. The molecule has 0 aliphatic heterocycles. The summed E-state index contributed by atoms with van der Waals surface area (Å²) in [4.78, 5) is 0. The Balaban J connectivity index is 2.56. The Labute approximate surface area is 107 Å². The molecule has 0 bridgehead atoms. The zero-order chi connectivity index (χ0) is 12.8. The highest BCUT2D eigenvalue weighted by Crippen LogP contribution is 2.18. The van der Waals surface area contributed by atoms with Gasteiger partial charge in [0.2, 0.25) is 0 Å². The van der Waals surface area contributed by atoms with E-state index in [4.69, 9.17) is 0 Å². The number of anilines is 1. The molecule has 17 heavy (non-hydrogen) atoms. The fourth-order valence-corrected chi connectivity index (χ4v) is 2.08. The minimum Gasteiger partial charge on any atom is -0.383 e. The van der Waals surface area contributed by atoms with Gasteiger partial charge in [-0.1, -0.05) is 26.8 Å². The molecule has 1 aromatic carbocycles. The van der Waals surface area contributed by atoms with Crippen molar-refractivity contribution in [2.24, 2.45) is 5.92 Å². The van der Waals surface area contributed by atoms with Crippen LogP contribution in [0.2, 0.25) is 0 Å². The first kappa shape index (κ1) is 14.1. The number of hydrogen-bond donors (Lipinski definition) is 1. The van der Waals surface area contributed by atoms with Gasteiger partial charge in [-0.2, -0.15) is 0 Å². The maximum Gasteiger partial charge on any atom is 0.0345 e. The van der Waals surface area contributed by atoms with Crippen molar-refractivity contribution in [1.29, 1.82) is 0 Å². The van der Waals surface area contributed by atoms with Crippen LogP contribution in [0, 0.1) is 12.8 Å². The van der Waals surface area contributed by atoms with Crippen LogP contribution in [0.1, 0.15) is 51.7 Å². The molecule has 1 aromatic rings. The van der Waals surface area contributed by atoms with Crippen molar-refractivity contribution >= 4 is 5.69 Å². The van der Waals surface area contributed by atoms with Crippen molar-refractivity contribution in [3.05, 3.63) is 29.3 Å². The van der Waals surface area contributed by atoms with Crippen molar-refractivity contribution in [2.75, 3.05) is 5.32 Å². The van der Waals surface area contributed by atoms with Gasteiger partial charge in [-0.05, 0) is 62.3 Å². The first-order valence-corrected chi connectivity index (χ1v) is 6.89. The molecule has 0 saturated heterocycles. The van der Waals surface area contributed by atoms with E-state index in [1.807, 2.05) is 0 Å². The van der Waals surface area contributed by atoms with E-state index in [0.717, 1.165) is 12.3 Å². The lowest BCUT2D eigenvalue weighted by atomic mass is 10.0. The Morgan fingerprint density at radius 1 is 1.12 bits per heavy atom. The Bertz CT molecular complexity index is 341. The third-order valence-electron chi connectivity index (χ3n) is 3.32. The van der Waals surface area contributed by atoms with Crippen molar-refractivity contribution in [3.8, 4) is 0 Å². The summed E-state index contributed by atoms with van der Waals surface area (Å²) < 4.78 is 0. The third-order valence-corrected chi connectivity index (χ3v) is 3.32. The van der Waals surface area contributed by atoms with Crippen molar-refractivity contribution in [1.82, 2.24) is 0 Å². The number of rotatable bonds is 6. The monoisotopic (exact) mass is 233 g/mol. The van der Waals surface area contributed by atoms with E-state index in [2.05, 4.69) is 58.1 Å². The molecule has 1 unspecified atom stereocenters. The maximum atomic E-state index is 3.60. The minimum atomic E-state index is 0.560. The molecular formula is C16H27N. The van der Waals surface area contributed by atoms with Crippen LogP contribution < -0.4 is 5.32 Å². The lowest BCUT2D eigenvalue weighted by molar-refractivity contribution is 0.527. The quantitative estimate of drug-likeness (QED) is 0.744. The van der Waals surface area contributed by atoms with E-state index in [9.17, 15) is 0 Å². The lowest BCUT2D eigenvalue weighted by Gasteiger charge is -2.17. The fraction of sp³-hybridized carbons (Fsp3) is 0.625. The normalized spacial score (nSPS) is 12.8. The number of nitrogens with one attached hydrogen (secondary N) is 1. The van der Waals surface area contributed by atoms with Crippen LogP contribution in [-0.2, 0) is 6.42 Å². The second-order valence-electron chi connectivity index (χ2n) is 5.51. The summed E-state index contributed by atoms with van der Waals surface area (Å²) >= 11 is 0. The largest absolute Gasteiger partial charge is 0.383 e. The number of benzene rings is 1. The predicted octanol–water partition coefficient (Wildman–Crippen LogP) is 4.79. The van der Waals surface area contributed by atoms with E-state index in [1.165, 1.54) is 29.7 Å². The molecule has 0 aliphatic carbocycles. The van der Waals surface area contributed by atoms with Gasteiger partial charge < -0.3 is 5.32 Å². The van der Waals surface area contributed by atoms with Crippen LogP contribution >= 0.6 is 0 Å². The highest BCUT2D eigenvalue weighted by atomic mass is 14.9. The van der Waals surface area contributed by atoms with Gasteiger partial charge in [0.15, 0.2) is 0 Å². The third kappa shape index (κ3) is 4.80. The molecule has 0 spiro atoms. The van der Waals surface area contributed by atoms with Gasteiger partial charge in [-0.15, -0.1) is 0 Å². The van der Waals surface area contributed by atoms with E-state index in [1.54, 1.807) is 0 Å². The zero-order valence-corrected chi connectivity index (χ0v) is 12.0. The van der Waals surface area contributed by atoms with Crippen LogP contribution in [-0.4, -0.2) is 6.04 Å².